The number of rotatable bonds is 7. The van der Waals surface area contributed by atoms with Crippen LogP contribution in [0.5, 0.6) is 0 Å². The first-order chi connectivity index (χ1) is 10.2. The quantitative estimate of drug-likeness (QED) is 0.816. The SMILES string of the molecule is CCCCC(CC)C(=O)Nc1cc(-c2ccncc2)[nH]n1. The first-order valence-corrected chi connectivity index (χ1v) is 7.51. The van der Waals surface area contributed by atoms with E-state index in [-0.39, 0.29) is 11.8 Å². The fraction of sp³-hybridized carbons (Fsp3) is 0.438. The monoisotopic (exact) mass is 286 g/mol. The summed E-state index contributed by atoms with van der Waals surface area (Å²) in [5.41, 5.74) is 1.87. The van der Waals surface area contributed by atoms with E-state index >= 15 is 0 Å². The lowest BCUT2D eigenvalue weighted by Gasteiger charge is -2.12. The minimum absolute atomic E-state index is 0.0544. The van der Waals surface area contributed by atoms with Gasteiger partial charge in [-0.1, -0.05) is 26.7 Å². The molecule has 2 aromatic heterocycles. The van der Waals surface area contributed by atoms with E-state index < -0.39 is 0 Å². The first-order valence-electron chi connectivity index (χ1n) is 7.51. The standard InChI is InChI=1S/C16H22N4O/c1-3-5-6-12(4-2)16(21)18-15-11-14(19-20-15)13-7-9-17-10-8-13/h7-12H,3-6H2,1-2H3,(H2,18,19,20,21). The molecule has 5 heteroatoms. The van der Waals surface area contributed by atoms with Gasteiger partial charge in [-0.05, 0) is 25.0 Å². The highest BCUT2D eigenvalue weighted by Gasteiger charge is 2.17. The Labute approximate surface area is 125 Å². The van der Waals surface area contributed by atoms with Crippen LogP contribution in [0.4, 0.5) is 5.82 Å². The van der Waals surface area contributed by atoms with E-state index in [2.05, 4.69) is 27.4 Å². The van der Waals surface area contributed by atoms with E-state index in [4.69, 9.17) is 0 Å². The third-order valence-corrected chi connectivity index (χ3v) is 3.59. The molecule has 1 unspecified atom stereocenters. The molecule has 0 saturated heterocycles. The number of carbonyl (C=O) groups excluding carboxylic acids is 1. The van der Waals surface area contributed by atoms with Crippen LogP contribution in [0.15, 0.2) is 30.6 Å². The highest BCUT2D eigenvalue weighted by Crippen LogP contribution is 2.20. The minimum atomic E-state index is 0.0544. The predicted octanol–water partition coefficient (Wildman–Crippen LogP) is 3.63. The number of nitrogens with zero attached hydrogens (tertiary/aromatic N) is 2. The molecule has 2 N–H and O–H groups in total. The van der Waals surface area contributed by atoms with Gasteiger partial charge in [0.05, 0.1) is 5.69 Å². The molecule has 21 heavy (non-hydrogen) atoms. The number of nitrogens with one attached hydrogen (secondary N) is 2. The summed E-state index contributed by atoms with van der Waals surface area (Å²) in [7, 11) is 0. The van der Waals surface area contributed by atoms with Crippen LogP contribution in [0.25, 0.3) is 11.3 Å². The Morgan fingerprint density at radius 2 is 2.10 bits per heavy atom. The third-order valence-electron chi connectivity index (χ3n) is 3.59. The molecule has 2 rings (SSSR count). The fourth-order valence-electron chi connectivity index (χ4n) is 2.26. The van der Waals surface area contributed by atoms with Crippen molar-refractivity contribution in [1.29, 1.82) is 0 Å². The molecule has 0 aromatic carbocycles. The highest BCUT2D eigenvalue weighted by atomic mass is 16.1. The van der Waals surface area contributed by atoms with Gasteiger partial charge in [0.25, 0.3) is 0 Å². The van der Waals surface area contributed by atoms with Crippen molar-refractivity contribution in [2.24, 2.45) is 5.92 Å². The van der Waals surface area contributed by atoms with Crippen LogP contribution in [-0.4, -0.2) is 21.1 Å². The van der Waals surface area contributed by atoms with Crippen molar-refractivity contribution in [2.45, 2.75) is 39.5 Å². The fourth-order valence-corrected chi connectivity index (χ4v) is 2.26. The Bertz CT molecular complexity index is 565. The Morgan fingerprint density at radius 3 is 2.76 bits per heavy atom. The van der Waals surface area contributed by atoms with Gasteiger partial charge in [0.2, 0.25) is 5.91 Å². The van der Waals surface area contributed by atoms with Gasteiger partial charge in [0.15, 0.2) is 5.82 Å². The van der Waals surface area contributed by atoms with E-state index in [9.17, 15) is 4.79 Å². The normalized spacial score (nSPS) is 12.1. The van der Waals surface area contributed by atoms with Gasteiger partial charge in [0, 0.05) is 29.9 Å². The number of amides is 1. The number of unbranched alkanes of at least 4 members (excludes halogenated alkanes) is 1. The topological polar surface area (TPSA) is 70.7 Å². The molecule has 0 aliphatic rings. The molecule has 0 saturated carbocycles. The lowest BCUT2D eigenvalue weighted by Crippen LogP contribution is -2.22. The van der Waals surface area contributed by atoms with Crippen LogP contribution in [0.3, 0.4) is 0 Å². The summed E-state index contributed by atoms with van der Waals surface area (Å²) >= 11 is 0. The summed E-state index contributed by atoms with van der Waals surface area (Å²) in [6, 6.07) is 5.64. The number of hydrogen-bond donors (Lipinski definition) is 2. The third kappa shape index (κ3) is 4.15. The summed E-state index contributed by atoms with van der Waals surface area (Å²) in [4.78, 5) is 16.2. The summed E-state index contributed by atoms with van der Waals surface area (Å²) in [5, 5.41) is 9.98. The summed E-state index contributed by atoms with van der Waals surface area (Å²) in [6.07, 6.45) is 7.43. The molecular formula is C16H22N4O. The number of aromatic amines is 1. The lowest BCUT2D eigenvalue weighted by atomic mass is 9.98. The lowest BCUT2D eigenvalue weighted by molar-refractivity contribution is -0.120. The zero-order valence-electron chi connectivity index (χ0n) is 12.6. The Morgan fingerprint density at radius 1 is 1.33 bits per heavy atom. The molecule has 1 atom stereocenters. The maximum absolute atomic E-state index is 12.2. The molecule has 2 heterocycles. The number of aromatic nitrogens is 3. The van der Waals surface area contributed by atoms with E-state index in [1.165, 1.54) is 0 Å². The van der Waals surface area contributed by atoms with E-state index in [1.54, 1.807) is 12.4 Å². The molecule has 0 aliphatic carbocycles. The van der Waals surface area contributed by atoms with Crippen molar-refractivity contribution in [3.05, 3.63) is 30.6 Å². The second-order valence-corrected chi connectivity index (χ2v) is 5.14. The van der Waals surface area contributed by atoms with Crippen LogP contribution >= 0.6 is 0 Å². The highest BCUT2D eigenvalue weighted by molar-refractivity contribution is 5.92. The van der Waals surface area contributed by atoms with Gasteiger partial charge in [-0.15, -0.1) is 0 Å². The van der Waals surface area contributed by atoms with Crippen LogP contribution < -0.4 is 5.32 Å². The summed E-state index contributed by atoms with van der Waals surface area (Å²) in [6.45, 7) is 4.19. The predicted molar refractivity (Wildman–Crippen MR) is 83.8 cm³/mol. The number of H-pyrrole nitrogens is 1. The molecule has 5 nitrogen and oxygen atoms in total. The van der Waals surface area contributed by atoms with Crippen molar-refractivity contribution in [3.8, 4) is 11.3 Å². The number of anilines is 1. The Kier molecular flexibility index (Phi) is 5.49. The second-order valence-electron chi connectivity index (χ2n) is 5.14. The molecule has 1 amide bonds. The molecule has 112 valence electrons. The maximum atomic E-state index is 12.2. The average Bonchev–Trinajstić information content (AvgIpc) is 2.97. The van der Waals surface area contributed by atoms with Crippen molar-refractivity contribution < 1.29 is 4.79 Å². The average molecular weight is 286 g/mol. The van der Waals surface area contributed by atoms with Crippen molar-refractivity contribution in [3.63, 3.8) is 0 Å². The van der Waals surface area contributed by atoms with Gasteiger partial charge in [0.1, 0.15) is 0 Å². The van der Waals surface area contributed by atoms with Gasteiger partial charge in [-0.3, -0.25) is 14.9 Å². The summed E-state index contributed by atoms with van der Waals surface area (Å²) in [5.74, 6) is 0.687. The minimum Gasteiger partial charge on any atom is -0.309 e. The zero-order valence-corrected chi connectivity index (χ0v) is 12.6. The summed E-state index contributed by atoms with van der Waals surface area (Å²) < 4.78 is 0. The second kappa shape index (κ2) is 7.57. The van der Waals surface area contributed by atoms with Crippen LogP contribution in [0.2, 0.25) is 0 Å². The Balaban J connectivity index is 2.00. The molecule has 0 bridgehead atoms. The number of carbonyl (C=O) groups is 1. The van der Waals surface area contributed by atoms with Crippen molar-refractivity contribution in [2.75, 3.05) is 5.32 Å². The van der Waals surface area contributed by atoms with Gasteiger partial charge in [-0.2, -0.15) is 5.10 Å². The molecule has 0 aliphatic heterocycles. The van der Waals surface area contributed by atoms with E-state index in [0.717, 1.165) is 36.9 Å². The maximum Gasteiger partial charge on any atom is 0.228 e. The van der Waals surface area contributed by atoms with Gasteiger partial charge in [-0.25, -0.2) is 0 Å². The Hall–Kier alpha value is -2.17. The van der Waals surface area contributed by atoms with Crippen LogP contribution in [0.1, 0.15) is 39.5 Å². The van der Waals surface area contributed by atoms with Crippen molar-refractivity contribution >= 4 is 11.7 Å². The molecule has 0 radical (unpaired) electrons. The number of pyridine rings is 1. The van der Waals surface area contributed by atoms with Crippen LogP contribution in [-0.2, 0) is 4.79 Å². The largest absolute Gasteiger partial charge is 0.309 e. The molecule has 0 spiro atoms. The zero-order chi connectivity index (χ0) is 15.1. The molecule has 0 fully saturated rings. The van der Waals surface area contributed by atoms with Crippen molar-refractivity contribution in [1.82, 2.24) is 15.2 Å². The van der Waals surface area contributed by atoms with Gasteiger partial charge < -0.3 is 5.32 Å². The van der Waals surface area contributed by atoms with E-state index in [0.29, 0.717) is 5.82 Å². The molecule has 2 aromatic rings. The first kappa shape index (κ1) is 15.2. The van der Waals surface area contributed by atoms with Gasteiger partial charge >= 0.3 is 0 Å². The molecular weight excluding hydrogens is 264 g/mol. The smallest absolute Gasteiger partial charge is 0.228 e. The van der Waals surface area contributed by atoms with E-state index in [1.807, 2.05) is 25.1 Å². The number of hydrogen-bond acceptors (Lipinski definition) is 3. The van der Waals surface area contributed by atoms with Crippen LogP contribution in [0, 0.1) is 5.92 Å².